The minimum atomic E-state index is 0.387. The molecule has 22 heavy (non-hydrogen) atoms. The van der Waals surface area contributed by atoms with Gasteiger partial charge in [-0.25, -0.2) is 0 Å². The molecule has 0 bridgehead atoms. The number of nitrogens with zero attached hydrogens (tertiary/aromatic N) is 1. The zero-order chi connectivity index (χ0) is 15.9. The molecule has 3 heteroatoms. The van der Waals surface area contributed by atoms with Gasteiger partial charge in [-0.2, -0.15) is 0 Å². The Balaban J connectivity index is 1.76. The molecule has 1 aromatic carbocycles. The van der Waals surface area contributed by atoms with Crippen molar-refractivity contribution in [1.29, 1.82) is 0 Å². The van der Waals surface area contributed by atoms with Crippen LogP contribution in [-0.2, 0) is 4.74 Å². The number of methoxy groups -OCH3 is 1. The highest BCUT2D eigenvalue weighted by molar-refractivity contribution is 5.28. The van der Waals surface area contributed by atoms with Crippen molar-refractivity contribution in [2.24, 2.45) is 5.92 Å². The summed E-state index contributed by atoms with van der Waals surface area (Å²) >= 11 is 0. The van der Waals surface area contributed by atoms with Gasteiger partial charge in [-0.05, 0) is 50.4 Å². The third kappa shape index (κ3) is 4.72. The van der Waals surface area contributed by atoms with Gasteiger partial charge in [0.15, 0.2) is 0 Å². The summed E-state index contributed by atoms with van der Waals surface area (Å²) in [6.45, 7) is 6.36. The van der Waals surface area contributed by atoms with E-state index in [-0.39, 0.29) is 0 Å². The quantitative estimate of drug-likeness (QED) is 0.750. The van der Waals surface area contributed by atoms with E-state index in [1.807, 2.05) is 12.1 Å². The van der Waals surface area contributed by atoms with Crippen molar-refractivity contribution in [3.63, 3.8) is 0 Å². The summed E-state index contributed by atoms with van der Waals surface area (Å²) in [6, 6.07) is 8.73. The third-order valence-corrected chi connectivity index (χ3v) is 5.07. The first kappa shape index (κ1) is 17.3. The van der Waals surface area contributed by atoms with Crippen molar-refractivity contribution in [2.45, 2.75) is 51.7 Å². The van der Waals surface area contributed by atoms with Gasteiger partial charge < -0.3 is 9.47 Å². The number of ether oxygens (including phenoxy) is 2. The van der Waals surface area contributed by atoms with Crippen LogP contribution < -0.4 is 4.74 Å². The summed E-state index contributed by atoms with van der Waals surface area (Å²) in [7, 11) is 3.87. The van der Waals surface area contributed by atoms with Crippen LogP contribution >= 0.6 is 0 Å². The van der Waals surface area contributed by atoms with E-state index < -0.39 is 0 Å². The van der Waals surface area contributed by atoms with Crippen molar-refractivity contribution < 1.29 is 9.47 Å². The highest BCUT2D eigenvalue weighted by atomic mass is 16.5. The fraction of sp³-hybridized carbons (Fsp3) is 0.684. The topological polar surface area (TPSA) is 21.7 Å². The maximum atomic E-state index is 6.13. The maximum absolute atomic E-state index is 6.13. The predicted octanol–water partition coefficient (Wildman–Crippen LogP) is 4.28. The minimum Gasteiger partial charge on any atom is -0.497 e. The summed E-state index contributed by atoms with van der Waals surface area (Å²) in [4.78, 5) is 2.36. The van der Waals surface area contributed by atoms with Crippen LogP contribution in [-0.4, -0.2) is 38.3 Å². The van der Waals surface area contributed by atoms with Crippen LogP contribution in [0.2, 0.25) is 0 Å². The Kier molecular flexibility index (Phi) is 6.71. The molecule has 1 aliphatic rings. The molecule has 3 atom stereocenters. The summed E-state index contributed by atoms with van der Waals surface area (Å²) in [6.07, 6.45) is 5.72. The van der Waals surface area contributed by atoms with Gasteiger partial charge in [0.05, 0.1) is 19.8 Å². The van der Waals surface area contributed by atoms with Gasteiger partial charge in [0.1, 0.15) is 5.75 Å². The van der Waals surface area contributed by atoms with Gasteiger partial charge in [-0.3, -0.25) is 4.90 Å². The van der Waals surface area contributed by atoms with Gasteiger partial charge in [0.25, 0.3) is 0 Å². The first-order chi connectivity index (χ1) is 10.6. The number of likely N-dealkylation sites (N-methyl/N-ethyl adjacent to an activating group) is 1. The molecule has 1 saturated carbocycles. The highest BCUT2D eigenvalue weighted by Crippen LogP contribution is 2.26. The summed E-state index contributed by atoms with van der Waals surface area (Å²) < 4.78 is 11.3. The van der Waals surface area contributed by atoms with Gasteiger partial charge in [-0.15, -0.1) is 0 Å². The first-order valence-electron chi connectivity index (χ1n) is 8.57. The lowest BCUT2D eigenvalue weighted by molar-refractivity contribution is -0.0145. The third-order valence-electron chi connectivity index (χ3n) is 5.07. The number of hydrogen-bond acceptors (Lipinski definition) is 3. The second kappa shape index (κ2) is 8.54. The lowest BCUT2D eigenvalue weighted by atomic mass is 9.88. The molecule has 0 heterocycles. The largest absolute Gasteiger partial charge is 0.497 e. The predicted molar refractivity (Wildman–Crippen MR) is 91.4 cm³/mol. The zero-order valence-electron chi connectivity index (χ0n) is 14.5. The molecule has 124 valence electrons. The summed E-state index contributed by atoms with van der Waals surface area (Å²) in [5.41, 5.74) is 1.31. The average Bonchev–Trinajstić information content (AvgIpc) is 2.56. The second-order valence-electron chi connectivity index (χ2n) is 6.60. The summed E-state index contributed by atoms with van der Waals surface area (Å²) in [5.74, 6) is 1.63. The Hall–Kier alpha value is -1.06. The lowest BCUT2D eigenvalue weighted by Crippen LogP contribution is -2.31. The highest BCUT2D eigenvalue weighted by Gasteiger charge is 2.22. The van der Waals surface area contributed by atoms with Gasteiger partial charge >= 0.3 is 0 Å². The number of hydrogen-bond donors (Lipinski definition) is 0. The molecular weight excluding hydrogens is 274 g/mol. The van der Waals surface area contributed by atoms with Crippen LogP contribution in [0.15, 0.2) is 24.3 Å². The molecule has 0 radical (unpaired) electrons. The van der Waals surface area contributed by atoms with E-state index in [4.69, 9.17) is 9.47 Å². The number of rotatable bonds is 7. The van der Waals surface area contributed by atoms with Crippen LogP contribution in [0.3, 0.4) is 0 Å². The Morgan fingerprint density at radius 3 is 2.50 bits per heavy atom. The second-order valence-corrected chi connectivity index (χ2v) is 6.60. The molecule has 2 rings (SSSR count). The lowest BCUT2D eigenvalue weighted by Gasteiger charge is -2.30. The standard InChI is InChI=1S/C19H31NO2/c1-15-7-5-6-8-19(15)22-14-13-20(3)16(2)17-9-11-18(21-4)12-10-17/h9-12,15-16,19H,5-8,13-14H2,1-4H3/t15-,16+,19-/m1/s1. The van der Waals surface area contributed by atoms with Crippen molar-refractivity contribution in [3.8, 4) is 5.75 Å². The molecular formula is C19H31NO2. The zero-order valence-corrected chi connectivity index (χ0v) is 14.5. The molecule has 0 aliphatic heterocycles. The fourth-order valence-corrected chi connectivity index (χ4v) is 3.21. The molecule has 1 aromatic rings. The van der Waals surface area contributed by atoms with Crippen molar-refractivity contribution >= 4 is 0 Å². The van der Waals surface area contributed by atoms with E-state index in [2.05, 4.69) is 37.9 Å². The Labute approximate surface area is 135 Å². The Bertz CT molecular complexity index is 432. The van der Waals surface area contributed by atoms with Crippen LogP contribution in [0.5, 0.6) is 5.75 Å². The van der Waals surface area contributed by atoms with E-state index in [0.29, 0.717) is 12.1 Å². The van der Waals surface area contributed by atoms with Crippen LogP contribution in [0.1, 0.15) is 51.1 Å². The molecule has 1 aliphatic carbocycles. The molecule has 0 amide bonds. The first-order valence-corrected chi connectivity index (χ1v) is 8.57. The fourth-order valence-electron chi connectivity index (χ4n) is 3.21. The molecule has 0 aromatic heterocycles. The van der Waals surface area contributed by atoms with Gasteiger partial charge in [0.2, 0.25) is 0 Å². The Morgan fingerprint density at radius 1 is 1.18 bits per heavy atom. The molecule has 0 N–H and O–H groups in total. The normalized spacial score (nSPS) is 23.5. The van der Waals surface area contributed by atoms with E-state index in [1.54, 1.807) is 7.11 Å². The van der Waals surface area contributed by atoms with E-state index in [0.717, 1.165) is 24.8 Å². The van der Waals surface area contributed by atoms with E-state index in [9.17, 15) is 0 Å². The SMILES string of the molecule is COc1ccc([C@H](C)N(C)CCO[C@@H]2CCCC[C@H]2C)cc1. The molecule has 0 spiro atoms. The summed E-state index contributed by atoms with van der Waals surface area (Å²) in [5, 5.41) is 0. The van der Waals surface area contributed by atoms with Gasteiger partial charge in [-0.1, -0.05) is 31.9 Å². The van der Waals surface area contributed by atoms with Crippen LogP contribution in [0, 0.1) is 5.92 Å². The maximum Gasteiger partial charge on any atom is 0.118 e. The average molecular weight is 305 g/mol. The van der Waals surface area contributed by atoms with Gasteiger partial charge in [0, 0.05) is 12.6 Å². The smallest absolute Gasteiger partial charge is 0.118 e. The molecule has 0 saturated heterocycles. The van der Waals surface area contributed by atoms with E-state index in [1.165, 1.54) is 31.2 Å². The van der Waals surface area contributed by atoms with Crippen molar-refractivity contribution in [3.05, 3.63) is 29.8 Å². The molecule has 3 nitrogen and oxygen atoms in total. The van der Waals surface area contributed by atoms with Crippen LogP contribution in [0.25, 0.3) is 0 Å². The molecule has 0 unspecified atom stereocenters. The number of benzene rings is 1. The van der Waals surface area contributed by atoms with Crippen molar-refractivity contribution in [1.82, 2.24) is 4.90 Å². The monoisotopic (exact) mass is 305 g/mol. The molecule has 1 fully saturated rings. The van der Waals surface area contributed by atoms with Crippen molar-refractivity contribution in [2.75, 3.05) is 27.3 Å². The van der Waals surface area contributed by atoms with Crippen LogP contribution in [0.4, 0.5) is 0 Å². The minimum absolute atomic E-state index is 0.387. The Morgan fingerprint density at radius 2 is 1.86 bits per heavy atom. The van der Waals surface area contributed by atoms with E-state index >= 15 is 0 Å².